The first kappa shape index (κ1) is 14.0. The van der Waals surface area contributed by atoms with Gasteiger partial charge in [0.1, 0.15) is 11.7 Å². The fourth-order valence-corrected chi connectivity index (χ4v) is 1.37. The number of hydrogen-bond acceptors (Lipinski definition) is 4. The third-order valence-electron chi connectivity index (χ3n) is 2.09. The summed E-state index contributed by atoms with van der Waals surface area (Å²) >= 11 is 0. The normalized spacial score (nSPS) is 24.8. The van der Waals surface area contributed by atoms with E-state index in [-0.39, 0.29) is 6.61 Å². The van der Waals surface area contributed by atoms with Crippen molar-refractivity contribution >= 4 is 5.97 Å². The van der Waals surface area contributed by atoms with E-state index in [2.05, 4.69) is 4.74 Å². The Balaban J connectivity index is 2.89. The highest BCUT2D eigenvalue weighted by atomic mass is 19.4. The van der Waals surface area contributed by atoms with E-state index < -0.39 is 29.6 Å². The van der Waals surface area contributed by atoms with Crippen LogP contribution in [0.3, 0.4) is 0 Å². The van der Waals surface area contributed by atoms with Crippen LogP contribution in [0.15, 0.2) is 11.6 Å². The highest BCUT2D eigenvalue weighted by Gasteiger charge is 2.42. The Hall–Kier alpha value is -1.08. The zero-order chi connectivity index (χ0) is 13.3. The van der Waals surface area contributed by atoms with Crippen molar-refractivity contribution < 1.29 is 32.2 Å². The first-order valence-electron chi connectivity index (χ1n) is 4.85. The van der Waals surface area contributed by atoms with Crippen molar-refractivity contribution in [1.82, 2.24) is 0 Å². The summed E-state index contributed by atoms with van der Waals surface area (Å²) in [7, 11) is 0.887. The SMILES string of the molecule is COC(=O)C(=C[C@H]1COC(C)(C)O1)C(F)(F)F. The van der Waals surface area contributed by atoms with Gasteiger partial charge in [-0.2, -0.15) is 13.2 Å². The second-order valence-electron chi connectivity index (χ2n) is 3.94. The van der Waals surface area contributed by atoms with Gasteiger partial charge in [-0.15, -0.1) is 0 Å². The van der Waals surface area contributed by atoms with Gasteiger partial charge in [0, 0.05) is 0 Å². The molecule has 0 amide bonds. The molecule has 1 aliphatic rings. The lowest BCUT2D eigenvalue weighted by molar-refractivity contribution is -0.149. The highest BCUT2D eigenvalue weighted by molar-refractivity contribution is 5.89. The molecule has 1 fully saturated rings. The average molecular weight is 254 g/mol. The zero-order valence-corrected chi connectivity index (χ0v) is 9.63. The summed E-state index contributed by atoms with van der Waals surface area (Å²) in [5.41, 5.74) is -1.38. The van der Waals surface area contributed by atoms with Crippen LogP contribution in [0.2, 0.25) is 0 Å². The van der Waals surface area contributed by atoms with Gasteiger partial charge >= 0.3 is 12.1 Å². The van der Waals surface area contributed by atoms with Crippen molar-refractivity contribution in [3.63, 3.8) is 0 Å². The second-order valence-corrected chi connectivity index (χ2v) is 3.94. The maximum absolute atomic E-state index is 12.5. The molecule has 0 aromatic carbocycles. The number of esters is 1. The van der Waals surface area contributed by atoms with E-state index in [1.54, 1.807) is 13.8 Å². The summed E-state index contributed by atoms with van der Waals surface area (Å²) in [6.45, 7) is 3.11. The number of rotatable bonds is 2. The van der Waals surface area contributed by atoms with Crippen LogP contribution in [0.1, 0.15) is 13.8 Å². The highest BCUT2D eigenvalue weighted by Crippen LogP contribution is 2.30. The van der Waals surface area contributed by atoms with Gasteiger partial charge in [-0.25, -0.2) is 4.79 Å². The first-order valence-corrected chi connectivity index (χ1v) is 4.85. The Kier molecular flexibility index (Phi) is 3.83. The van der Waals surface area contributed by atoms with E-state index in [0.717, 1.165) is 7.11 Å². The molecular formula is C10H13F3O4. The number of ether oxygens (including phenoxy) is 3. The van der Waals surface area contributed by atoms with Gasteiger partial charge in [0.25, 0.3) is 0 Å². The fourth-order valence-electron chi connectivity index (χ4n) is 1.37. The monoisotopic (exact) mass is 254 g/mol. The van der Waals surface area contributed by atoms with Crippen LogP contribution in [0.4, 0.5) is 13.2 Å². The number of carbonyl (C=O) groups is 1. The topological polar surface area (TPSA) is 44.8 Å². The molecule has 1 aliphatic heterocycles. The van der Waals surface area contributed by atoms with Crippen molar-refractivity contribution in [3.05, 3.63) is 11.6 Å². The van der Waals surface area contributed by atoms with Gasteiger partial charge in [0.2, 0.25) is 0 Å². The quantitative estimate of drug-likeness (QED) is 0.556. The summed E-state index contributed by atoms with van der Waals surface area (Å²) in [6, 6.07) is 0. The number of halogens is 3. The largest absolute Gasteiger partial charge is 0.465 e. The van der Waals surface area contributed by atoms with Crippen molar-refractivity contribution in [1.29, 1.82) is 0 Å². The minimum atomic E-state index is -4.77. The molecule has 0 spiro atoms. The molecule has 0 N–H and O–H groups in total. The smallest absolute Gasteiger partial charge is 0.423 e. The van der Waals surface area contributed by atoms with Crippen LogP contribution < -0.4 is 0 Å². The van der Waals surface area contributed by atoms with Crippen LogP contribution >= 0.6 is 0 Å². The minimum Gasteiger partial charge on any atom is -0.465 e. The molecule has 17 heavy (non-hydrogen) atoms. The molecule has 0 bridgehead atoms. The van der Waals surface area contributed by atoms with Gasteiger partial charge in [0.05, 0.1) is 13.7 Å². The van der Waals surface area contributed by atoms with Crippen LogP contribution in [-0.4, -0.2) is 37.8 Å². The molecule has 0 unspecified atom stereocenters. The summed E-state index contributed by atoms with van der Waals surface area (Å²) in [6.07, 6.45) is -5.01. The molecule has 0 saturated carbocycles. The lowest BCUT2D eigenvalue weighted by atomic mass is 10.2. The van der Waals surface area contributed by atoms with E-state index in [1.165, 1.54) is 0 Å². The number of alkyl halides is 3. The van der Waals surface area contributed by atoms with Crippen molar-refractivity contribution in [3.8, 4) is 0 Å². The maximum atomic E-state index is 12.5. The summed E-state index contributed by atoms with van der Waals surface area (Å²) in [5.74, 6) is -2.39. The molecule has 1 saturated heterocycles. The molecule has 0 aromatic heterocycles. The molecule has 4 nitrogen and oxygen atoms in total. The molecule has 1 heterocycles. The molecular weight excluding hydrogens is 241 g/mol. The standard InChI is InChI=1S/C10H13F3O4/c1-9(2)16-5-6(17-9)4-7(8(14)15-3)10(11,12)13/h4,6H,5H2,1-3H3/t6-/m0/s1. The zero-order valence-electron chi connectivity index (χ0n) is 9.63. The van der Waals surface area contributed by atoms with E-state index in [9.17, 15) is 18.0 Å². The molecule has 0 radical (unpaired) electrons. The fraction of sp³-hybridized carbons (Fsp3) is 0.700. The lowest BCUT2D eigenvalue weighted by Crippen LogP contribution is -2.25. The van der Waals surface area contributed by atoms with Gasteiger partial charge in [-0.05, 0) is 19.9 Å². The predicted molar refractivity (Wildman–Crippen MR) is 51.1 cm³/mol. The third-order valence-corrected chi connectivity index (χ3v) is 2.09. The van der Waals surface area contributed by atoms with E-state index in [4.69, 9.17) is 9.47 Å². The average Bonchev–Trinajstić information content (AvgIpc) is 2.52. The molecule has 1 atom stereocenters. The number of carbonyl (C=O) groups excluding carboxylic acids is 1. The van der Waals surface area contributed by atoms with Crippen molar-refractivity contribution in [2.75, 3.05) is 13.7 Å². The first-order chi connectivity index (χ1) is 7.65. The van der Waals surface area contributed by atoms with Crippen LogP contribution in [0, 0.1) is 0 Å². The molecule has 98 valence electrons. The Bertz CT molecular complexity index is 333. The van der Waals surface area contributed by atoms with E-state index in [1.807, 2.05) is 0 Å². The molecule has 0 aromatic rings. The lowest BCUT2D eigenvalue weighted by Gasteiger charge is -2.16. The van der Waals surface area contributed by atoms with Crippen molar-refractivity contribution in [2.45, 2.75) is 31.9 Å². The molecule has 7 heteroatoms. The van der Waals surface area contributed by atoms with E-state index in [0.29, 0.717) is 6.08 Å². The van der Waals surface area contributed by atoms with Gasteiger partial charge in [0.15, 0.2) is 5.79 Å². The van der Waals surface area contributed by atoms with Crippen molar-refractivity contribution in [2.24, 2.45) is 0 Å². The Labute approximate surface area is 96.3 Å². The van der Waals surface area contributed by atoms with Gasteiger partial charge in [-0.3, -0.25) is 0 Å². The number of hydrogen-bond donors (Lipinski definition) is 0. The Morgan fingerprint density at radius 3 is 2.41 bits per heavy atom. The summed E-state index contributed by atoms with van der Waals surface area (Å²) in [5, 5.41) is 0. The van der Waals surface area contributed by atoms with E-state index >= 15 is 0 Å². The Morgan fingerprint density at radius 1 is 1.47 bits per heavy atom. The van der Waals surface area contributed by atoms with Gasteiger partial charge in [-0.1, -0.05) is 0 Å². The summed E-state index contributed by atoms with van der Waals surface area (Å²) in [4.78, 5) is 11.0. The van der Waals surface area contributed by atoms with Crippen LogP contribution in [0.5, 0.6) is 0 Å². The number of methoxy groups -OCH3 is 1. The second kappa shape index (κ2) is 4.66. The van der Waals surface area contributed by atoms with Crippen LogP contribution in [0.25, 0.3) is 0 Å². The Morgan fingerprint density at radius 2 is 2.06 bits per heavy atom. The summed E-state index contributed by atoms with van der Waals surface area (Å²) < 4.78 is 51.9. The third kappa shape index (κ3) is 3.71. The minimum absolute atomic E-state index is 0.0381. The van der Waals surface area contributed by atoms with Crippen LogP contribution in [-0.2, 0) is 19.0 Å². The maximum Gasteiger partial charge on any atom is 0.423 e. The van der Waals surface area contributed by atoms with Gasteiger partial charge < -0.3 is 14.2 Å². The molecule has 1 rings (SSSR count). The molecule has 0 aliphatic carbocycles. The predicted octanol–water partition coefficient (Wildman–Crippen LogP) is 1.80.